The molecule has 0 saturated carbocycles. The predicted molar refractivity (Wildman–Crippen MR) is 93.4 cm³/mol. The van der Waals surface area contributed by atoms with Crippen molar-refractivity contribution in [1.29, 1.82) is 0 Å². The van der Waals surface area contributed by atoms with Crippen LogP contribution in [0.3, 0.4) is 0 Å². The van der Waals surface area contributed by atoms with Crippen LogP contribution in [-0.4, -0.2) is 19.0 Å². The number of carbonyl (C=O) groups excluding carboxylic acids is 1. The summed E-state index contributed by atoms with van der Waals surface area (Å²) in [7, 11) is 0. The summed E-state index contributed by atoms with van der Waals surface area (Å²) in [6.45, 7) is 3.17. The van der Waals surface area contributed by atoms with E-state index in [-0.39, 0.29) is 12.4 Å². The van der Waals surface area contributed by atoms with E-state index < -0.39 is 0 Å². The third-order valence-electron chi connectivity index (χ3n) is 3.97. The second-order valence-electron chi connectivity index (χ2n) is 6.02. The molecule has 2 heteroatoms. The molecule has 0 bridgehead atoms. The molecule has 0 atom stereocenters. The minimum atomic E-state index is 0.0766. The largest absolute Gasteiger partial charge is 0.373 e. The van der Waals surface area contributed by atoms with E-state index in [1.54, 1.807) is 0 Å². The van der Waals surface area contributed by atoms with Crippen LogP contribution in [0.2, 0.25) is 0 Å². The molecule has 0 spiro atoms. The van der Waals surface area contributed by atoms with Crippen LogP contribution in [0.5, 0.6) is 0 Å². The molecule has 124 valence electrons. The van der Waals surface area contributed by atoms with Gasteiger partial charge in [-0.05, 0) is 6.42 Å². The highest BCUT2D eigenvalue weighted by Gasteiger charge is 2.04. The van der Waals surface area contributed by atoms with Crippen molar-refractivity contribution >= 4 is 5.78 Å². The zero-order chi connectivity index (χ0) is 15.9. The molecule has 0 radical (unpaired) electrons. The average Bonchev–Trinajstić information content (AvgIpc) is 2.56. The molecule has 22 heavy (non-hydrogen) atoms. The zero-order valence-corrected chi connectivity index (χ0v) is 14.2. The van der Waals surface area contributed by atoms with Crippen molar-refractivity contribution in [3.63, 3.8) is 0 Å². The van der Waals surface area contributed by atoms with Crippen LogP contribution >= 0.6 is 0 Å². The summed E-state index contributed by atoms with van der Waals surface area (Å²) in [5.41, 5.74) is 0.741. The van der Waals surface area contributed by atoms with Crippen molar-refractivity contribution in [2.24, 2.45) is 0 Å². The number of benzene rings is 1. The van der Waals surface area contributed by atoms with Crippen LogP contribution in [0.4, 0.5) is 0 Å². The van der Waals surface area contributed by atoms with Gasteiger partial charge >= 0.3 is 0 Å². The third kappa shape index (κ3) is 9.73. The molecule has 0 amide bonds. The maximum absolute atomic E-state index is 11.8. The van der Waals surface area contributed by atoms with Gasteiger partial charge in [-0.3, -0.25) is 4.79 Å². The van der Waals surface area contributed by atoms with Crippen LogP contribution in [0.15, 0.2) is 30.3 Å². The summed E-state index contributed by atoms with van der Waals surface area (Å²) in [6.07, 6.45) is 13.2. The van der Waals surface area contributed by atoms with E-state index in [4.69, 9.17) is 4.74 Å². The number of ether oxygens (including phenoxy) is 1. The molecule has 0 heterocycles. The highest BCUT2D eigenvalue weighted by Crippen LogP contribution is 2.10. The van der Waals surface area contributed by atoms with Crippen molar-refractivity contribution in [2.45, 2.75) is 71.1 Å². The summed E-state index contributed by atoms with van der Waals surface area (Å²) in [5, 5.41) is 0. The van der Waals surface area contributed by atoms with Gasteiger partial charge in [0, 0.05) is 12.2 Å². The van der Waals surface area contributed by atoms with Crippen molar-refractivity contribution in [3.05, 3.63) is 35.9 Å². The van der Waals surface area contributed by atoms with E-state index in [0.29, 0.717) is 6.61 Å². The number of ketones is 1. The lowest BCUT2D eigenvalue weighted by Gasteiger charge is -2.04. The first-order valence-corrected chi connectivity index (χ1v) is 9.00. The maximum atomic E-state index is 11.8. The minimum absolute atomic E-state index is 0.0766. The Hall–Kier alpha value is -1.15. The Kier molecular flexibility index (Phi) is 11.6. The molecule has 1 aromatic carbocycles. The first-order valence-electron chi connectivity index (χ1n) is 9.00. The van der Waals surface area contributed by atoms with Gasteiger partial charge in [0.25, 0.3) is 0 Å². The van der Waals surface area contributed by atoms with Gasteiger partial charge in [-0.2, -0.15) is 0 Å². The van der Waals surface area contributed by atoms with Crippen LogP contribution in [-0.2, 0) is 4.74 Å². The Labute approximate surface area is 136 Å². The Bertz CT molecular complexity index is 373. The van der Waals surface area contributed by atoms with Crippen LogP contribution in [0.25, 0.3) is 0 Å². The number of unbranched alkanes of at least 4 members (excludes halogenated alkanes) is 9. The van der Waals surface area contributed by atoms with E-state index in [1.807, 2.05) is 30.3 Å². The van der Waals surface area contributed by atoms with Gasteiger partial charge in [-0.15, -0.1) is 0 Å². The summed E-state index contributed by atoms with van der Waals surface area (Å²) in [6, 6.07) is 9.37. The highest BCUT2D eigenvalue weighted by atomic mass is 16.5. The smallest absolute Gasteiger partial charge is 0.188 e. The molecule has 0 fully saturated rings. The molecule has 0 saturated heterocycles. The van der Waals surface area contributed by atoms with Crippen molar-refractivity contribution in [1.82, 2.24) is 0 Å². The number of hydrogen-bond donors (Lipinski definition) is 0. The number of Topliss-reactive ketones (excluding diaryl/α,β-unsaturated/α-hetero) is 1. The van der Waals surface area contributed by atoms with E-state index in [2.05, 4.69) is 6.92 Å². The normalized spacial score (nSPS) is 10.8. The van der Waals surface area contributed by atoms with Gasteiger partial charge in [-0.25, -0.2) is 0 Å². The second kappa shape index (κ2) is 13.5. The minimum Gasteiger partial charge on any atom is -0.373 e. The molecule has 1 aromatic rings. The Morgan fingerprint density at radius 3 is 1.95 bits per heavy atom. The molecule has 0 aliphatic carbocycles. The molecule has 0 aliphatic heterocycles. The third-order valence-corrected chi connectivity index (χ3v) is 3.97. The summed E-state index contributed by atoms with van der Waals surface area (Å²) >= 11 is 0. The first kappa shape index (κ1) is 18.9. The summed E-state index contributed by atoms with van der Waals surface area (Å²) in [5.74, 6) is 0.0766. The lowest BCUT2D eigenvalue weighted by Crippen LogP contribution is -2.09. The summed E-state index contributed by atoms with van der Waals surface area (Å²) < 4.78 is 5.47. The Balaban J connectivity index is 1.85. The molecule has 1 rings (SSSR count). The Morgan fingerprint density at radius 2 is 1.36 bits per heavy atom. The van der Waals surface area contributed by atoms with Crippen molar-refractivity contribution in [2.75, 3.05) is 13.2 Å². The number of rotatable bonds is 14. The Morgan fingerprint density at radius 1 is 0.818 bits per heavy atom. The maximum Gasteiger partial charge on any atom is 0.188 e. The quantitative estimate of drug-likeness (QED) is 0.320. The van der Waals surface area contributed by atoms with Gasteiger partial charge < -0.3 is 4.74 Å². The van der Waals surface area contributed by atoms with Crippen molar-refractivity contribution in [3.8, 4) is 0 Å². The molecule has 0 unspecified atom stereocenters. The monoisotopic (exact) mass is 304 g/mol. The number of hydrogen-bond acceptors (Lipinski definition) is 2. The topological polar surface area (TPSA) is 26.3 Å². The molecule has 0 aliphatic rings. The van der Waals surface area contributed by atoms with Gasteiger partial charge in [0.2, 0.25) is 0 Å². The SMILES string of the molecule is CCCCCCCCCCCCOCC(=O)c1ccccc1. The zero-order valence-electron chi connectivity index (χ0n) is 14.2. The van der Waals surface area contributed by atoms with E-state index >= 15 is 0 Å². The van der Waals surface area contributed by atoms with E-state index in [9.17, 15) is 4.79 Å². The van der Waals surface area contributed by atoms with Gasteiger partial charge in [0.05, 0.1) is 0 Å². The van der Waals surface area contributed by atoms with Gasteiger partial charge in [-0.1, -0.05) is 95.0 Å². The fourth-order valence-electron chi connectivity index (χ4n) is 2.56. The lowest BCUT2D eigenvalue weighted by molar-refractivity contribution is 0.0752. The van der Waals surface area contributed by atoms with Crippen LogP contribution < -0.4 is 0 Å². The van der Waals surface area contributed by atoms with Gasteiger partial charge in [0.15, 0.2) is 5.78 Å². The molecule has 0 aromatic heterocycles. The van der Waals surface area contributed by atoms with Crippen LogP contribution in [0, 0.1) is 0 Å². The first-order chi connectivity index (χ1) is 10.8. The molecular formula is C20H32O2. The standard InChI is InChI=1S/C20H32O2/c1-2-3-4-5-6-7-8-9-10-14-17-22-18-20(21)19-15-12-11-13-16-19/h11-13,15-16H,2-10,14,17-18H2,1H3. The predicted octanol–water partition coefficient (Wildman–Crippen LogP) is 5.81. The fraction of sp³-hybridized carbons (Fsp3) is 0.650. The molecule has 2 nitrogen and oxygen atoms in total. The van der Waals surface area contributed by atoms with Crippen molar-refractivity contribution < 1.29 is 9.53 Å². The van der Waals surface area contributed by atoms with Gasteiger partial charge in [0.1, 0.15) is 6.61 Å². The van der Waals surface area contributed by atoms with Crippen LogP contribution in [0.1, 0.15) is 81.5 Å². The van der Waals surface area contributed by atoms with E-state index in [1.165, 1.54) is 57.8 Å². The molecule has 0 N–H and O–H groups in total. The summed E-state index contributed by atoms with van der Waals surface area (Å²) in [4.78, 5) is 11.8. The highest BCUT2D eigenvalue weighted by molar-refractivity contribution is 5.96. The molecular weight excluding hydrogens is 272 g/mol. The lowest BCUT2D eigenvalue weighted by atomic mass is 10.1. The fourth-order valence-corrected chi connectivity index (χ4v) is 2.56. The average molecular weight is 304 g/mol. The van der Waals surface area contributed by atoms with E-state index in [0.717, 1.165) is 12.0 Å². The second-order valence-corrected chi connectivity index (χ2v) is 6.02. The number of carbonyl (C=O) groups is 1.